The van der Waals surface area contributed by atoms with Crippen molar-refractivity contribution in [3.63, 3.8) is 0 Å². The summed E-state index contributed by atoms with van der Waals surface area (Å²) in [5.41, 5.74) is 5.41. The molecule has 0 bridgehead atoms. The molecule has 2 aromatic heterocycles. The van der Waals surface area contributed by atoms with Crippen molar-refractivity contribution in [1.29, 1.82) is 0 Å². The second-order valence-electron chi connectivity index (χ2n) is 5.80. The first-order valence-corrected chi connectivity index (χ1v) is 7.70. The Labute approximate surface area is 135 Å². The molecule has 0 spiro atoms. The van der Waals surface area contributed by atoms with Crippen LogP contribution in [0, 0.1) is 13.8 Å². The molecule has 3 nitrogen and oxygen atoms in total. The van der Waals surface area contributed by atoms with E-state index in [0.29, 0.717) is 0 Å². The third kappa shape index (κ3) is 2.40. The van der Waals surface area contributed by atoms with Crippen LogP contribution in [0.2, 0.25) is 0 Å². The Morgan fingerprint density at radius 3 is 2.22 bits per heavy atom. The molecule has 2 heterocycles. The minimum atomic E-state index is 0.841. The summed E-state index contributed by atoms with van der Waals surface area (Å²) in [7, 11) is 0. The Morgan fingerprint density at radius 1 is 0.739 bits per heavy atom. The van der Waals surface area contributed by atoms with Crippen LogP contribution in [-0.4, -0.2) is 9.97 Å². The van der Waals surface area contributed by atoms with Gasteiger partial charge in [-0.15, -0.1) is 0 Å². The fourth-order valence-corrected chi connectivity index (χ4v) is 2.93. The van der Waals surface area contributed by atoms with Crippen molar-refractivity contribution in [3.8, 4) is 0 Å². The van der Waals surface area contributed by atoms with Gasteiger partial charge in [-0.3, -0.25) is 4.98 Å². The molecule has 0 saturated carbocycles. The highest BCUT2D eigenvalue weighted by Gasteiger charge is 2.07. The zero-order valence-corrected chi connectivity index (χ0v) is 13.2. The SMILES string of the molecule is Cc1cccc(C)c1Nc1ccc2ccc3cccnc3c2n1. The van der Waals surface area contributed by atoms with Gasteiger partial charge in [0.25, 0.3) is 0 Å². The lowest BCUT2D eigenvalue weighted by atomic mass is 10.1. The van der Waals surface area contributed by atoms with Crippen LogP contribution in [0.4, 0.5) is 11.5 Å². The molecule has 2 aromatic carbocycles. The van der Waals surface area contributed by atoms with E-state index in [9.17, 15) is 0 Å². The summed E-state index contributed by atoms with van der Waals surface area (Å²) in [5.74, 6) is 0.841. The average molecular weight is 299 g/mol. The number of rotatable bonds is 2. The number of anilines is 2. The van der Waals surface area contributed by atoms with Crippen molar-refractivity contribution >= 4 is 33.3 Å². The molecule has 0 unspecified atom stereocenters. The van der Waals surface area contributed by atoms with Crippen molar-refractivity contribution in [3.05, 3.63) is 71.9 Å². The van der Waals surface area contributed by atoms with Crippen LogP contribution in [0.1, 0.15) is 11.1 Å². The molecule has 0 aliphatic rings. The van der Waals surface area contributed by atoms with Gasteiger partial charge >= 0.3 is 0 Å². The highest BCUT2D eigenvalue weighted by atomic mass is 15.0. The summed E-state index contributed by atoms with van der Waals surface area (Å²) < 4.78 is 0. The maximum absolute atomic E-state index is 4.81. The monoisotopic (exact) mass is 299 g/mol. The third-order valence-corrected chi connectivity index (χ3v) is 4.17. The molecule has 3 heteroatoms. The Kier molecular flexibility index (Phi) is 3.19. The average Bonchev–Trinajstić information content (AvgIpc) is 2.58. The first kappa shape index (κ1) is 13.7. The number of nitrogens with one attached hydrogen (secondary N) is 1. The van der Waals surface area contributed by atoms with Crippen molar-refractivity contribution in [2.75, 3.05) is 5.32 Å². The molecule has 0 saturated heterocycles. The van der Waals surface area contributed by atoms with Crippen molar-refractivity contribution in [1.82, 2.24) is 9.97 Å². The first-order chi connectivity index (χ1) is 11.2. The second kappa shape index (κ2) is 5.36. The molecule has 1 N–H and O–H groups in total. The van der Waals surface area contributed by atoms with Gasteiger partial charge in [-0.2, -0.15) is 0 Å². The van der Waals surface area contributed by atoms with E-state index in [4.69, 9.17) is 4.98 Å². The number of benzene rings is 2. The number of aryl methyl sites for hydroxylation is 2. The highest BCUT2D eigenvalue weighted by Crippen LogP contribution is 2.27. The summed E-state index contributed by atoms with van der Waals surface area (Å²) in [4.78, 5) is 9.31. The Bertz CT molecular complexity index is 1000. The zero-order valence-electron chi connectivity index (χ0n) is 13.2. The van der Waals surface area contributed by atoms with E-state index in [2.05, 4.69) is 66.6 Å². The molecule has 0 radical (unpaired) electrons. The van der Waals surface area contributed by atoms with Gasteiger partial charge in [0.2, 0.25) is 0 Å². The minimum absolute atomic E-state index is 0.841. The molecular formula is C20H17N3. The normalized spacial score (nSPS) is 11.0. The summed E-state index contributed by atoms with van der Waals surface area (Å²) in [6, 6.07) is 18.6. The number of hydrogen-bond acceptors (Lipinski definition) is 3. The van der Waals surface area contributed by atoms with Gasteiger partial charge in [-0.05, 0) is 43.2 Å². The highest BCUT2D eigenvalue weighted by molar-refractivity contribution is 6.03. The van der Waals surface area contributed by atoms with Crippen LogP contribution in [0.15, 0.2) is 60.8 Å². The maximum atomic E-state index is 4.81. The molecule has 112 valence electrons. The lowest BCUT2D eigenvalue weighted by Gasteiger charge is -2.12. The number of para-hydroxylation sites is 1. The largest absolute Gasteiger partial charge is 0.340 e. The van der Waals surface area contributed by atoms with Gasteiger partial charge in [0.15, 0.2) is 0 Å². The molecule has 0 fully saturated rings. The topological polar surface area (TPSA) is 37.8 Å². The third-order valence-electron chi connectivity index (χ3n) is 4.17. The lowest BCUT2D eigenvalue weighted by molar-refractivity contribution is 1.31. The van der Waals surface area contributed by atoms with Gasteiger partial charge in [-0.1, -0.05) is 36.4 Å². The maximum Gasteiger partial charge on any atom is 0.131 e. The number of fused-ring (bicyclic) bond motifs is 3. The summed E-state index contributed by atoms with van der Waals surface area (Å²) >= 11 is 0. The zero-order chi connectivity index (χ0) is 15.8. The van der Waals surface area contributed by atoms with E-state index in [1.54, 1.807) is 0 Å². The van der Waals surface area contributed by atoms with Crippen molar-refractivity contribution in [2.45, 2.75) is 13.8 Å². The fourth-order valence-electron chi connectivity index (χ4n) is 2.93. The molecule has 0 aliphatic heterocycles. The first-order valence-electron chi connectivity index (χ1n) is 7.70. The fraction of sp³-hybridized carbons (Fsp3) is 0.100. The van der Waals surface area contributed by atoms with E-state index < -0.39 is 0 Å². The van der Waals surface area contributed by atoms with Crippen molar-refractivity contribution < 1.29 is 0 Å². The molecule has 0 aliphatic carbocycles. The van der Waals surface area contributed by atoms with Crippen LogP contribution in [0.25, 0.3) is 21.8 Å². The second-order valence-corrected chi connectivity index (χ2v) is 5.80. The predicted octanol–water partition coefficient (Wildman–Crippen LogP) is 5.14. The van der Waals surface area contributed by atoms with Crippen LogP contribution >= 0.6 is 0 Å². The Balaban J connectivity index is 1.87. The molecule has 0 amide bonds. The smallest absolute Gasteiger partial charge is 0.131 e. The van der Waals surface area contributed by atoms with Crippen LogP contribution in [-0.2, 0) is 0 Å². The predicted molar refractivity (Wildman–Crippen MR) is 96.2 cm³/mol. The van der Waals surface area contributed by atoms with Crippen LogP contribution in [0.3, 0.4) is 0 Å². The van der Waals surface area contributed by atoms with E-state index in [0.717, 1.165) is 33.3 Å². The summed E-state index contributed by atoms with van der Waals surface area (Å²) in [6.07, 6.45) is 1.81. The number of nitrogens with zero attached hydrogens (tertiary/aromatic N) is 2. The Morgan fingerprint density at radius 2 is 1.43 bits per heavy atom. The van der Waals surface area contributed by atoms with Gasteiger partial charge in [0.05, 0.1) is 11.0 Å². The standard InChI is InChI=1S/C20H17N3/c1-13-5-3-6-14(2)18(13)22-17-11-10-16-9-8-15-7-4-12-21-19(15)20(16)23-17/h3-12H,1-2H3,(H,22,23). The van der Waals surface area contributed by atoms with Gasteiger partial charge in [-0.25, -0.2) is 4.98 Å². The van der Waals surface area contributed by atoms with Gasteiger partial charge < -0.3 is 5.32 Å². The lowest BCUT2D eigenvalue weighted by Crippen LogP contribution is -1.98. The molecule has 23 heavy (non-hydrogen) atoms. The number of hydrogen-bond donors (Lipinski definition) is 1. The molecular weight excluding hydrogens is 282 g/mol. The van der Waals surface area contributed by atoms with E-state index in [1.165, 1.54) is 11.1 Å². The summed E-state index contributed by atoms with van der Waals surface area (Å²) in [6.45, 7) is 4.21. The number of pyridine rings is 2. The Hall–Kier alpha value is -2.94. The van der Waals surface area contributed by atoms with Crippen LogP contribution in [0.5, 0.6) is 0 Å². The quantitative estimate of drug-likeness (QED) is 0.520. The summed E-state index contributed by atoms with van der Waals surface area (Å²) in [5, 5.41) is 5.67. The van der Waals surface area contributed by atoms with Crippen molar-refractivity contribution in [2.24, 2.45) is 0 Å². The van der Waals surface area contributed by atoms with Gasteiger partial charge in [0, 0.05) is 22.7 Å². The van der Waals surface area contributed by atoms with E-state index in [1.807, 2.05) is 18.3 Å². The van der Waals surface area contributed by atoms with Gasteiger partial charge in [0.1, 0.15) is 5.82 Å². The van der Waals surface area contributed by atoms with Crippen LogP contribution < -0.4 is 5.32 Å². The number of aromatic nitrogens is 2. The molecule has 4 aromatic rings. The molecule has 0 atom stereocenters. The van der Waals surface area contributed by atoms with E-state index >= 15 is 0 Å². The minimum Gasteiger partial charge on any atom is -0.340 e. The van der Waals surface area contributed by atoms with E-state index in [-0.39, 0.29) is 0 Å². The molecule has 4 rings (SSSR count).